The van der Waals surface area contributed by atoms with E-state index < -0.39 is 11.7 Å². The van der Waals surface area contributed by atoms with Crippen molar-refractivity contribution in [3.63, 3.8) is 0 Å². The van der Waals surface area contributed by atoms with Crippen LogP contribution < -0.4 is 10.6 Å². The highest BCUT2D eigenvalue weighted by molar-refractivity contribution is 5.91. The molecule has 1 amide bonds. The average molecular weight is 258 g/mol. The maximum atomic E-state index is 12.7. The van der Waals surface area contributed by atoms with Crippen molar-refractivity contribution in [1.29, 1.82) is 0 Å². The van der Waals surface area contributed by atoms with Crippen molar-refractivity contribution in [3.05, 3.63) is 29.8 Å². The molecule has 18 heavy (non-hydrogen) atoms. The fourth-order valence-corrected chi connectivity index (χ4v) is 1.80. The molecule has 1 aliphatic rings. The first-order valence-corrected chi connectivity index (χ1v) is 5.63. The summed E-state index contributed by atoms with van der Waals surface area (Å²) < 4.78 is 38.0. The van der Waals surface area contributed by atoms with Gasteiger partial charge >= 0.3 is 6.18 Å². The largest absolute Gasteiger partial charge is 0.418 e. The highest BCUT2D eigenvalue weighted by atomic mass is 19.4. The van der Waals surface area contributed by atoms with Gasteiger partial charge in [-0.15, -0.1) is 0 Å². The van der Waals surface area contributed by atoms with Gasteiger partial charge < -0.3 is 10.6 Å². The Morgan fingerprint density at radius 1 is 1.33 bits per heavy atom. The minimum absolute atomic E-state index is 0.178. The van der Waals surface area contributed by atoms with Crippen molar-refractivity contribution in [3.8, 4) is 0 Å². The minimum Gasteiger partial charge on any atom is -0.325 e. The molecule has 98 valence electrons. The zero-order valence-corrected chi connectivity index (χ0v) is 9.55. The van der Waals surface area contributed by atoms with Crippen molar-refractivity contribution < 1.29 is 18.0 Å². The molecule has 2 rings (SSSR count). The maximum Gasteiger partial charge on any atom is 0.418 e. The fraction of sp³-hybridized carbons (Fsp3) is 0.417. The van der Waals surface area contributed by atoms with Gasteiger partial charge in [0.2, 0.25) is 5.91 Å². The number of amides is 1. The molecule has 6 heteroatoms. The van der Waals surface area contributed by atoms with Gasteiger partial charge in [0.1, 0.15) is 0 Å². The summed E-state index contributed by atoms with van der Waals surface area (Å²) >= 11 is 0. The predicted molar refractivity (Wildman–Crippen MR) is 61.1 cm³/mol. The van der Waals surface area contributed by atoms with Crippen LogP contribution in [0.3, 0.4) is 0 Å². The number of rotatable bonds is 3. The van der Waals surface area contributed by atoms with Gasteiger partial charge in [-0.3, -0.25) is 4.79 Å². The molecule has 1 aromatic rings. The number of benzene rings is 1. The van der Waals surface area contributed by atoms with E-state index in [1.807, 2.05) is 0 Å². The molecule has 0 unspecified atom stereocenters. The fourth-order valence-electron chi connectivity index (χ4n) is 1.80. The first-order chi connectivity index (χ1) is 8.47. The molecule has 3 nitrogen and oxygen atoms in total. The van der Waals surface area contributed by atoms with Crippen molar-refractivity contribution in [2.24, 2.45) is 5.92 Å². The lowest BCUT2D eigenvalue weighted by atomic mass is 9.99. The van der Waals surface area contributed by atoms with Gasteiger partial charge in [-0.05, 0) is 31.1 Å². The Morgan fingerprint density at radius 2 is 2.00 bits per heavy atom. The van der Waals surface area contributed by atoms with E-state index in [4.69, 9.17) is 0 Å². The lowest BCUT2D eigenvalue weighted by Gasteiger charge is -2.26. The molecule has 0 saturated carbocycles. The number of para-hydroxylation sites is 1. The summed E-state index contributed by atoms with van der Waals surface area (Å²) in [5, 5.41) is 5.34. The molecule has 0 bridgehead atoms. The molecule has 1 saturated heterocycles. The smallest absolute Gasteiger partial charge is 0.325 e. The van der Waals surface area contributed by atoms with Crippen LogP contribution in [-0.2, 0) is 11.0 Å². The van der Waals surface area contributed by atoms with Gasteiger partial charge in [-0.25, -0.2) is 0 Å². The number of anilines is 1. The Hall–Kier alpha value is -1.56. The van der Waals surface area contributed by atoms with Crippen molar-refractivity contribution in [2.45, 2.75) is 12.6 Å². The molecule has 1 heterocycles. The second kappa shape index (κ2) is 4.97. The number of carbonyl (C=O) groups excluding carboxylic acids is 1. The third-order valence-electron chi connectivity index (χ3n) is 2.85. The van der Waals surface area contributed by atoms with Gasteiger partial charge in [0.15, 0.2) is 0 Å². The molecule has 2 N–H and O–H groups in total. The maximum absolute atomic E-state index is 12.7. The Morgan fingerprint density at radius 3 is 2.56 bits per heavy atom. The van der Waals surface area contributed by atoms with Crippen LogP contribution in [0, 0.1) is 5.92 Å². The Balaban J connectivity index is 2.06. The number of halogens is 3. The van der Waals surface area contributed by atoms with Gasteiger partial charge in [0.25, 0.3) is 0 Å². The molecule has 0 aliphatic carbocycles. The highest BCUT2D eigenvalue weighted by Gasteiger charge is 2.33. The number of hydrogen-bond acceptors (Lipinski definition) is 2. The Kier molecular flexibility index (Phi) is 3.56. The summed E-state index contributed by atoms with van der Waals surface area (Å²) in [5.74, 6) is -0.152. The minimum atomic E-state index is -4.46. The van der Waals surface area contributed by atoms with E-state index in [9.17, 15) is 18.0 Å². The summed E-state index contributed by atoms with van der Waals surface area (Å²) in [7, 11) is 0. The summed E-state index contributed by atoms with van der Waals surface area (Å²) in [6, 6.07) is 4.99. The van der Waals surface area contributed by atoms with Gasteiger partial charge in [0, 0.05) is 6.42 Å². The van der Waals surface area contributed by atoms with Crippen LogP contribution in [0.5, 0.6) is 0 Å². The van der Waals surface area contributed by atoms with Crippen LogP contribution in [0.4, 0.5) is 18.9 Å². The number of hydrogen-bond donors (Lipinski definition) is 2. The number of alkyl halides is 3. The quantitative estimate of drug-likeness (QED) is 0.873. The van der Waals surface area contributed by atoms with E-state index in [2.05, 4.69) is 10.6 Å². The summed E-state index contributed by atoms with van der Waals surface area (Å²) in [5.41, 5.74) is -0.993. The van der Waals surface area contributed by atoms with E-state index in [1.165, 1.54) is 18.2 Å². The van der Waals surface area contributed by atoms with Crippen LogP contribution in [0.25, 0.3) is 0 Å². The second-order valence-corrected chi connectivity index (χ2v) is 4.32. The van der Waals surface area contributed by atoms with E-state index in [0.29, 0.717) is 0 Å². The summed E-state index contributed by atoms with van der Waals surface area (Å²) in [6.45, 7) is 1.49. The van der Waals surface area contributed by atoms with Crippen LogP contribution >= 0.6 is 0 Å². The average Bonchev–Trinajstić information content (AvgIpc) is 2.23. The molecule has 0 atom stereocenters. The third kappa shape index (κ3) is 3.01. The van der Waals surface area contributed by atoms with Crippen LogP contribution in [0.2, 0.25) is 0 Å². The Bertz CT molecular complexity index is 441. The third-order valence-corrected chi connectivity index (χ3v) is 2.85. The molecule has 1 aliphatic heterocycles. The zero-order valence-electron chi connectivity index (χ0n) is 9.55. The molecule has 0 aromatic heterocycles. The monoisotopic (exact) mass is 258 g/mol. The molecular weight excluding hydrogens is 245 g/mol. The topological polar surface area (TPSA) is 41.1 Å². The molecule has 0 spiro atoms. The van der Waals surface area contributed by atoms with E-state index in [-0.39, 0.29) is 23.9 Å². The number of carbonyl (C=O) groups is 1. The summed E-state index contributed by atoms with van der Waals surface area (Å²) in [6.07, 6.45) is -4.21. The number of nitrogens with one attached hydrogen (secondary N) is 2. The molecule has 1 aromatic carbocycles. The summed E-state index contributed by atoms with van der Waals surface area (Å²) in [4.78, 5) is 11.6. The van der Waals surface area contributed by atoms with Gasteiger partial charge in [-0.1, -0.05) is 12.1 Å². The standard InChI is InChI=1S/C12H13F3N2O/c13-12(14,15)9-3-1-2-4-10(9)17-11(18)5-8-6-16-7-8/h1-4,8,16H,5-7H2,(H,17,18). The Labute approximate surface area is 102 Å². The molecular formula is C12H13F3N2O. The molecule has 1 fully saturated rings. The highest BCUT2D eigenvalue weighted by Crippen LogP contribution is 2.34. The first kappa shape index (κ1) is 12.9. The van der Waals surface area contributed by atoms with Gasteiger partial charge in [0.05, 0.1) is 11.3 Å². The predicted octanol–water partition coefficient (Wildman–Crippen LogP) is 2.25. The molecule has 0 radical (unpaired) electrons. The van der Waals surface area contributed by atoms with Crippen LogP contribution in [0.1, 0.15) is 12.0 Å². The van der Waals surface area contributed by atoms with E-state index in [1.54, 1.807) is 0 Å². The zero-order chi connectivity index (χ0) is 13.2. The van der Waals surface area contributed by atoms with Crippen LogP contribution in [0.15, 0.2) is 24.3 Å². The normalized spacial score (nSPS) is 16.2. The lowest BCUT2D eigenvalue weighted by Crippen LogP contribution is -2.43. The second-order valence-electron chi connectivity index (χ2n) is 4.32. The van der Waals surface area contributed by atoms with Crippen LogP contribution in [-0.4, -0.2) is 19.0 Å². The van der Waals surface area contributed by atoms with E-state index in [0.717, 1.165) is 19.2 Å². The lowest BCUT2D eigenvalue weighted by molar-refractivity contribution is -0.137. The SMILES string of the molecule is O=C(CC1CNC1)Nc1ccccc1C(F)(F)F. The van der Waals surface area contributed by atoms with Crippen molar-refractivity contribution in [1.82, 2.24) is 5.32 Å². The van der Waals surface area contributed by atoms with Crippen molar-refractivity contribution >= 4 is 11.6 Å². The first-order valence-electron chi connectivity index (χ1n) is 5.63. The van der Waals surface area contributed by atoms with Crippen molar-refractivity contribution in [2.75, 3.05) is 18.4 Å². The van der Waals surface area contributed by atoms with Gasteiger partial charge in [-0.2, -0.15) is 13.2 Å². The van der Waals surface area contributed by atoms with E-state index >= 15 is 0 Å².